The molecule has 0 radical (unpaired) electrons. The Labute approximate surface area is 180 Å². The molecule has 1 aromatic carbocycles. The Morgan fingerprint density at radius 3 is 2.47 bits per heavy atom. The highest BCUT2D eigenvalue weighted by atomic mass is 32.1. The molecule has 8 heteroatoms. The minimum atomic E-state index is 0.713. The van der Waals surface area contributed by atoms with Gasteiger partial charge in [-0.2, -0.15) is 10.2 Å². The summed E-state index contributed by atoms with van der Waals surface area (Å²) in [6.07, 6.45) is 1.97. The van der Waals surface area contributed by atoms with E-state index in [-0.39, 0.29) is 0 Å². The first-order valence-electron chi connectivity index (χ1n) is 9.94. The summed E-state index contributed by atoms with van der Waals surface area (Å²) < 4.78 is 9.13. The summed E-state index contributed by atoms with van der Waals surface area (Å²) in [7, 11) is 1.66. The van der Waals surface area contributed by atoms with Crippen LogP contribution in [0.3, 0.4) is 0 Å². The van der Waals surface area contributed by atoms with Gasteiger partial charge < -0.3 is 10.1 Å². The van der Waals surface area contributed by atoms with Gasteiger partial charge >= 0.3 is 0 Å². The summed E-state index contributed by atoms with van der Waals surface area (Å²) in [5.41, 5.74) is 6.37. The summed E-state index contributed by atoms with van der Waals surface area (Å²) in [6.45, 7) is 9.90. The van der Waals surface area contributed by atoms with Crippen LogP contribution in [-0.4, -0.2) is 31.7 Å². The topological polar surface area (TPSA) is 69.8 Å². The monoisotopic (exact) mass is 422 g/mol. The Kier molecular flexibility index (Phi) is 5.59. The van der Waals surface area contributed by atoms with Crippen molar-refractivity contribution in [3.05, 3.63) is 59.2 Å². The number of rotatable bonds is 7. The molecular weight excluding hydrogens is 396 g/mol. The molecule has 156 valence electrons. The second-order valence-electron chi connectivity index (χ2n) is 7.10. The van der Waals surface area contributed by atoms with Crippen LogP contribution in [0.2, 0.25) is 0 Å². The Morgan fingerprint density at radius 2 is 1.80 bits per heavy atom. The van der Waals surface area contributed by atoms with Gasteiger partial charge in [-0.15, -0.1) is 0 Å². The van der Waals surface area contributed by atoms with E-state index in [1.54, 1.807) is 18.4 Å². The molecule has 0 saturated heterocycles. The zero-order valence-electron chi connectivity index (χ0n) is 17.9. The van der Waals surface area contributed by atoms with E-state index >= 15 is 0 Å². The van der Waals surface area contributed by atoms with Crippen molar-refractivity contribution in [2.75, 3.05) is 12.4 Å². The maximum Gasteiger partial charge on any atom is 0.183 e. The van der Waals surface area contributed by atoms with Crippen molar-refractivity contribution in [3.8, 4) is 22.0 Å². The van der Waals surface area contributed by atoms with Gasteiger partial charge in [-0.05, 0) is 58.0 Å². The van der Waals surface area contributed by atoms with Gasteiger partial charge in [0.1, 0.15) is 11.4 Å². The standard InChI is InChI=1S/C22H26N6OS/c1-6-27-16(4)19(14(2)25-27)13-23-22-24-15(3)21(30-22)20-11-12-28(26-20)17-7-9-18(29-5)10-8-17/h7-12H,6,13H2,1-5H3,(H,23,24). The fourth-order valence-electron chi connectivity index (χ4n) is 3.50. The predicted molar refractivity (Wildman–Crippen MR) is 121 cm³/mol. The lowest BCUT2D eigenvalue weighted by atomic mass is 10.2. The van der Waals surface area contributed by atoms with E-state index < -0.39 is 0 Å². The number of nitrogens with one attached hydrogen (secondary N) is 1. The first kappa shape index (κ1) is 20.2. The van der Waals surface area contributed by atoms with E-state index in [4.69, 9.17) is 14.8 Å². The maximum absolute atomic E-state index is 5.23. The number of nitrogens with zero attached hydrogens (tertiary/aromatic N) is 5. The SMILES string of the molecule is CCn1nc(C)c(CNc2nc(C)c(-c3ccn(-c4ccc(OC)cc4)n3)s2)c1C. The molecular formula is C22H26N6OS. The Balaban J connectivity index is 1.52. The summed E-state index contributed by atoms with van der Waals surface area (Å²) in [4.78, 5) is 5.78. The number of aryl methyl sites for hydroxylation is 3. The molecule has 0 aliphatic rings. The average molecular weight is 423 g/mol. The number of thiazole rings is 1. The van der Waals surface area contributed by atoms with Crippen LogP contribution in [-0.2, 0) is 13.1 Å². The van der Waals surface area contributed by atoms with Gasteiger partial charge in [0.25, 0.3) is 0 Å². The number of hydrogen-bond donors (Lipinski definition) is 1. The largest absolute Gasteiger partial charge is 0.497 e. The number of ether oxygens (including phenoxy) is 1. The van der Waals surface area contributed by atoms with Crippen LogP contribution < -0.4 is 10.1 Å². The molecule has 4 aromatic rings. The van der Waals surface area contributed by atoms with Gasteiger partial charge in [0, 0.05) is 30.5 Å². The van der Waals surface area contributed by atoms with Gasteiger partial charge in [-0.1, -0.05) is 11.3 Å². The molecule has 30 heavy (non-hydrogen) atoms. The molecule has 0 bridgehead atoms. The minimum absolute atomic E-state index is 0.713. The first-order valence-corrected chi connectivity index (χ1v) is 10.8. The predicted octanol–water partition coefficient (Wildman–Crippen LogP) is 4.76. The van der Waals surface area contributed by atoms with Crippen LogP contribution in [0.1, 0.15) is 29.6 Å². The van der Waals surface area contributed by atoms with Gasteiger partial charge in [0.2, 0.25) is 0 Å². The van der Waals surface area contributed by atoms with Crippen molar-refractivity contribution in [3.63, 3.8) is 0 Å². The lowest BCUT2D eigenvalue weighted by molar-refractivity contribution is 0.414. The van der Waals surface area contributed by atoms with E-state index in [0.717, 1.165) is 45.1 Å². The van der Waals surface area contributed by atoms with Crippen molar-refractivity contribution in [2.24, 2.45) is 0 Å². The highest BCUT2D eigenvalue weighted by molar-refractivity contribution is 7.19. The van der Waals surface area contributed by atoms with Crippen molar-refractivity contribution in [2.45, 2.75) is 40.8 Å². The summed E-state index contributed by atoms with van der Waals surface area (Å²) in [6, 6.07) is 9.86. The van der Waals surface area contributed by atoms with E-state index in [1.165, 1.54) is 11.3 Å². The molecule has 0 unspecified atom stereocenters. The van der Waals surface area contributed by atoms with Gasteiger partial charge in [-0.3, -0.25) is 4.68 Å². The molecule has 0 atom stereocenters. The second-order valence-corrected chi connectivity index (χ2v) is 8.09. The number of anilines is 1. The third-order valence-corrected chi connectivity index (χ3v) is 6.34. The van der Waals surface area contributed by atoms with Crippen LogP contribution in [0.5, 0.6) is 5.75 Å². The third kappa shape index (κ3) is 3.82. The number of hydrogen-bond acceptors (Lipinski definition) is 6. The Bertz CT molecular complexity index is 1160. The minimum Gasteiger partial charge on any atom is -0.497 e. The molecule has 3 heterocycles. The van der Waals surface area contributed by atoms with Gasteiger partial charge in [0.15, 0.2) is 5.13 Å². The zero-order valence-corrected chi connectivity index (χ0v) is 18.7. The molecule has 0 saturated carbocycles. The average Bonchev–Trinajstić information content (AvgIpc) is 3.44. The second kappa shape index (κ2) is 8.31. The maximum atomic E-state index is 5.23. The highest BCUT2D eigenvalue weighted by Gasteiger charge is 2.15. The molecule has 3 aromatic heterocycles. The lowest BCUT2D eigenvalue weighted by Gasteiger charge is -2.04. The molecule has 0 spiro atoms. The van der Waals surface area contributed by atoms with Crippen LogP contribution in [0, 0.1) is 20.8 Å². The molecule has 0 aliphatic heterocycles. The van der Waals surface area contributed by atoms with Crippen molar-refractivity contribution >= 4 is 16.5 Å². The first-order chi connectivity index (χ1) is 14.5. The van der Waals surface area contributed by atoms with Gasteiger partial charge in [0.05, 0.1) is 29.1 Å². The van der Waals surface area contributed by atoms with Crippen molar-refractivity contribution in [1.82, 2.24) is 24.5 Å². The van der Waals surface area contributed by atoms with Crippen molar-refractivity contribution < 1.29 is 4.74 Å². The highest BCUT2D eigenvalue weighted by Crippen LogP contribution is 2.32. The third-order valence-electron chi connectivity index (χ3n) is 5.20. The Hall–Kier alpha value is -3.13. The Morgan fingerprint density at radius 1 is 1.03 bits per heavy atom. The van der Waals surface area contributed by atoms with E-state index in [2.05, 4.69) is 31.2 Å². The molecule has 0 fully saturated rings. The number of aromatic nitrogens is 5. The van der Waals surface area contributed by atoms with E-state index in [0.29, 0.717) is 6.54 Å². The van der Waals surface area contributed by atoms with E-state index in [1.807, 2.05) is 52.8 Å². The van der Waals surface area contributed by atoms with Gasteiger partial charge in [-0.25, -0.2) is 9.67 Å². The van der Waals surface area contributed by atoms with Crippen molar-refractivity contribution in [1.29, 1.82) is 0 Å². The summed E-state index contributed by atoms with van der Waals surface area (Å²) >= 11 is 1.63. The summed E-state index contributed by atoms with van der Waals surface area (Å²) in [5, 5.41) is 13.7. The fourth-order valence-corrected chi connectivity index (χ4v) is 4.42. The normalized spacial score (nSPS) is 11.1. The van der Waals surface area contributed by atoms with Crippen LogP contribution in [0.15, 0.2) is 36.5 Å². The zero-order chi connectivity index (χ0) is 21.3. The molecule has 1 N–H and O–H groups in total. The molecule has 0 amide bonds. The van der Waals surface area contributed by atoms with Crippen LogP contribution in [0.25, 0.3) is 16.3 Å². The van der Waals surface area contributed by atoms with Crippen LogP contribution >= 0.6 is 11.3 Å². The quantitative estimate of drug-likeness (QED) is 0.465. The molecule has 7 nitrogen and oxygen atoms in total. The van der Waals surface area contributed by atoms with E-state index in [9.17, 15) is 0 Å². The fraction of sp³-hybridized carbons (Fsp3) is 0.318. The lowest BCUT2D eigenvalue weighted by Crippen LogP contribution is -2.03. The molecule has 4 rings (SSSR count). The smallest absolute Gasteiger partial charge is 0.183 e. The number of methoxy groups -OCH3 is 1. The molecule has 0 aliphatic carbocycles. The number of benzene rings is 1. The summed E-state index contributed by atoms with van der Waals surface area (Å²) in [5.74, 6) is 0.829. The van der Waals surface area contributed by atoms with Crippen LogP contribution in [0.4, 0.5) is 5.13 Å².